The lowest BCUT2D eigenvalue weighted by Crippen LogP contribution is -2.37. The lowest BCUT2D eigenvalue weighted by atomic mass is 10.1. The maximum Gasteiger partial charge on any atom is 0.214 e. The Morgan fingerprint density at radius 3 is 3.00 bits per heavy atom. The van der Waals surface area contributed by atoms with Gasteiger partial charge < -0.3 is 10.1 Å². The van der Waals surface area contributed by atoms with Crippen molar-refractivity contribution in [1.82, 2.24) is 10.3 Å². The minimum absolute atomic E-state index is 0.261. The molecule has 0 spiro atoms. The molecule has 2 heterocycles. The van der Waals surface area contributed by atoms with E-state index in [4.69, 9.17) is 4.74 Å². The summed E-state index contributed by atoms with van der Waals surface area (Å²) in [6.45, 7) is 2.03. The second-order valence-electron chi connectivity index (χ2n) is 4.43. The van der Waals surface area contributed by atoms with E-state index in [1.54, 1.807) is 0 Å². The van der Waals surface area contributed by atoms with E-state index in [1.165, 1.54) is 6.42 Å². The van der Waals surface area contributed by atoms with E-state index in [-0.39, 0.29) is 6.10 Å². The predicted molar refractivity (Wildman–Crippen MR) is 68.3 cm³/mol. The van der Waals surface area contributed by atoms with E-state index >= 15 is 0 Å². The zero-order valence-electron chi connectivity index (χ0n) is 9.73. The second kappa shape index (κ2) is 4.72. The van der Waals surface area contributed by atoms with Crippen LogP contribution in [0.3, 0.4) is 0 Å². The SMILES string of the molecule is c1ccc2nc(O[C@H]3CCCNC3)ccc2c1. The molecule has 0 unspecified atom stereocenters. The average molecular weight is 228 g/mol. The van der Waals surface area contributed by atoms with Crippen LogP contribution >= 0.6 is 0 Å². The highest BCUT2D eigenvalue weighted by atomic mass is 16.5. The quantitative estimate of drug-likeness (QED) is 0.856. The molecule has 1 aliphatic heterocycles. The monoisotopic (exact) mass is 228 g/mol. The van der Waals surface area contributed by atoms with Gasteiger partial charge in [-0.15, -0.1) is 0 Å². The number of rotatable bonds is 2. The first kappa shape index (κ1) is 10.5. The van der Waals surface area contributed by atoms with Gasteiger partial charge in [0.1, 0.15) is 6.10 Å². The molecule has 88 valence electrons. The van der Waals surface area contributed by atoms with Gasteiger partial charge in [-0.1, -0.05) is 18.2 Å². The number of benzene rings is 1. The summed E-state index contributed by atoms with van der Waals surface area (Å²) >= 11 is 0. The van der Waals surface area contributed by atoms with E-state index in [9.17, 15) is 0 Å². The van der Waals surface area contributed by atoms with Crippen molar-refractivity contribution in [2.24, 2.45) is 0 Å². The average Bonchev–Trinajstić information content (AvgIpc) is 2.40. The van der Waals surface area contributed by atoms with E-state index in [2.05, 4.69) is 22.4 Å². The van der Waals surface area contributed by atoms with Crippen LogP contribution in [0.15, 0.2) is 36.4 Å². The number of piperidine rings is 1. The minimum atomic E-state index is 0.261. The Kier molecular flexibility index (Phi) is 2.92. The lowest BCUT2D eigenvalue weighted by Gasteiger charge is -2.23. The molecular weight excluding hydrogens is 212 g/mol. The van der Waals surface area contributed by atoms with Crippen LogP contribution in [0, 0.1) is 0 Å². The summed E-state index contributed by atoms with van der Waals surface area (Å²) in [5.74, 6) is 0.734. The molecule has 0 bridgehead atoms. The summed E-state index contributed by atoms with van der Waals surface area (Å²) in [5, 5.41) is 4.49. The van der Waals surface area contributed by atoms with Crippen molar-refractivity contribution in [3.8, 4) is 5.88 Å². The first-order chi connectivity index (χ1) is 8.42. The summed E-state index contributed by atoms with van der Waals surface area (Å²) in [6.07, 6.45) is 2.55. The molecule has 1 saturated heterocycles. The van der Waals surface area contributed by atoms with E-state index < -0.39 is 0 Å². The number of para-hydroxylation sites is 1. The molecule has 0 radical (unpaired) electrons. The van der Waals surface area contributed by atoms with Crippen LogP contribution in [-0.2, 0) is 0 Å². The maximum atomic E-state index is 5.89. The largest absolute Gasteiger partial charge is 0.473 e. The number of ether oxygens (including phenoxy) is 1. The van der Waals surface area contributed by atoms with Gasteiger partial charge in [0.15, 0.2) is 0 Å². The van der Waals surface area contributed by atoms with Gasteiger partial charge >= 0.3 is 0 Å². The third kappa shape index (κ3) is 2.39. The Bertz CT molecular complexity index is 506. The molecule has 1 N–H and O–H groups in total. The van der Waals surface area contributed by atoms with Crippen LogP contribution in [0.2, 0.25) is 0 Å². The summed E-state index contributed by atoms with van der Waals surface area (Å²) in [5.41, 5.74) is 0.994. The van der Waals surface area contributed by atoms with Crippen LogP contribution in [-0.4, -0.2) is 24.2 Å². The Morgan fingerprint density at radius 2 is 2.12 bits per heavy atom. The Hall–Kier alpha value is -1.61. The molecule has 1 aliphatic rings. The fourth-order valence-electron chi connectivity index (χ4n) is 2.20. The van der Waals surface area contributed by atoms with Crippen LogP contribution < -0.4 is 10.1 Å². The van der Waals surface area contributed by atoms with Gasteiger partial charge in [-0.3, -0.25) is 0 Å². The number of fused-ring (bicyclic) bond motifs is 1. The van der Waals surface area contributed by atoms with E-state index in [0.717, 1.165) is 36.3 Å². The molecule has 0 aliphatic carbocycles. The predicted octanol–water partition coefficient (Wildman–Crippen LogP) is 2.37. The van der Waals surface area contributed by atoms with Crippen LogP contribution in [0.5, 0.6) is 5.88 Å². The molecule has 1 aromatic carbocycles. The van der Waals surface area contributed by atoms with Gasteiger partial charge in [0.05, 0.1) is 5.52 Å². The van der Waals surface area contributed by atoms with E-state index in [1.807, 2.05) is 24.3 Å². The summed E-state index contributed by atoms with van der Waals surface area (Å²) in [7, 11) is 0. The molecule has 17 heavy (non-hydrogen) atoms. The number of nitrogens with zero attached hydrogens (tertiary/aromatic N) is 1. The summed E-state index contributed by atoms with van der Waals surface area (Å²) in [6, 6.07) is 12.1. The third-order valence-corrected chi connectivity index (χ3v) is 3.11. The highest BCUT2D eigenvalue weighted by Gasteiger charge is 2.14. The van der Waals surface area contributed by atoms with Crippen molar-refractivity contribution in [3.63, 3.8) is 0 Å². The number of nitrogens with one attached hydrogen (secondary N) is 1. The first-order valence-corrected chi connectivity index (χ1v) is 6.15. The fraction of sp³-hybridized carbons (Fsp3) is 0.357. The molecule has 2 aromatic rings. The highest BCUT2D eigenvalue weighted by Crippen LogP contribution is 2.18. The van der Waals surface area contributed by atoms with Gasteiger partial charge in [0.2, 0.25) is 5.88 Å². The van der Waals surface area contributed by atoms with Crippen LogP contribution in [0.1, 0.15) is 12.8 Å². The molecule has 0 saturated carbocycles. The molecule has 0 amide bonds. The van der Waals surface area contributed by atoms with Crippen molar-refractivity contribution in [2.45, 2.75) is 18.9 Å². The molecule has 1 fully saturated rings. The molecular formula is C14H16N2O. The van der Waals surface area contributed by atoms with Gasteiger partial charge in [-0.2, -0.15) is 0 Å². The molecule has 1 aromatic heterocycles. The van der Waals surface area contributed by atoms with Crippen molar-refractivity contribution in [1.29, 1.82) is 0 Å². The van der Waals surface area contributed by atoms with Crippen molar-refractivity contribution >= 4 is 10.9 Å². The van der Waals surface area contributed by atoms with Gasteiger partial charge in [-0.25, -0.2) is 4.98 Å². The number of hydrogen-bond acceptors (Lipinski definition) is 3. The van der Waals surface area contributed by atoms with Gasteiger partial charge in [0, 0.05) is 18.0 Å². The van der Waals surface area contributed by atoms with Crippen molar-refractivity contribution < 1.29 is 4.74 Å². The summed E-state index contributed by atoms with van der Waals surface area (Å²) < 4.78 is 5.89. The molecule has 3 rings (SSSR count). The van der Waals surface area contributed by atoms with Crippen molar-refractivity contribution in [2.75, 3.05) is 13.1 Å². The number of hydrogen-bond donors (Lipinski definition) is 1. The van der Waals surface area contributed by atoms with E-state index in [0.29, 0.717) is 0 Å². The molecule has 3 nitrogen and oxygen atoms in total. The van der Waals surface area contributed by atoms with Gasteiger partial charge in [-0.05, 0) is 31.5 Å². The third-order valence-electron chi connectivity index (χ3n) is 3.11. The maximum absolute atomic E-state index is 5.89. The minimum Gasteiger partial charge on any atom is -0.473 e. The Balaban J connectivity index is 1.80. The smallest absolute Gasteiger partial charge is 0.214 e. The standard InChI is InChI=1S/C14H16N2O/c1-2-6-13-11(4-1)7-8-14(16-13)17-12-5-3-9-15-10-12/h1-2,4,6-8,12,15H,3,5,9-10H2/t12-/m0/s1. The fourth-order valence-corrected chi connectivity index (χ4v) is 2.20. The lowest BCUT2D eigenvalue weighted by molar-refractivity contribution is 0.161. The normalized spacial score (nSPS) is 20.4. The highest BCUT2D eigenvalue weighted by molar-refractivity contribution is 5.78. The molecule has 1 atom stereocenters. The first-order valence-electron chi connectivity index (χ1n) is 6.15. The van der Waals surface area contributed by atoms with Crippen LogP contribution in [0.25, 0.3) is 10.9 Å². The van der Waals surface area contributed by atoms with Gasteiger partial charge in [0.25, 0.3) is 0 Å². The number of aromatic nitrogens is 1. The Morgan fingerprint density at radius 1 is 1.18 bits per heavy atom. The molecule has 3 heteroatoms. The zero-order chi connectivity index (χ0) is 11.5. The number of pyridine rings is 1. The second-order valence-corrected chi connectivity index (χ2v) is 4.43. The topological polar surface area (TPSA) is 34.1 Å². The Labute approximate surface area is 101 Å². The summed E-state index contributed by atoms with van der Waals surface area (Å²) in [4.78, 5) is 4.52. The van der Waals surface area contributed by atoms with Crippen LogP contribution in [0.4, 0.5) is 0 Å². The zero-order valence-corrected chi connectivity index (χ0v) is 9.73. The van der Waals surface area contributed by atoms with Crippen molar-refractivity contribution in [3.05, 3.63) is 36.4 Å².